The Morgan fingerprint density at radius 3 is 2.62 bits per heavy atom. The molecule has 0 spiro atoms. The van der Waals surface area contributed by atoms with E-state index in [-0.39, 0.29) is 17.2 Å². The van der Waals surface area contributed by atoms with E-state index in [4.69, 9.17) is 16.3 Å². The van der Waals surface area contributed by atoms with Crippen molar-refractivity contribution in [2.24, 2.45) is 0 Å². The third kappa shape index (κ3) is 5.46. The Bertz CT molecular complexity index is 1220. The zero-order chi connectivity index (χ0) is 24.3. The van der Waals surface area contributed by atoms with Crippen molar-refractivity contribution in [2.45, 2.75) is 12.1 Å². The predicted molar refractivity (Wildman–Crippen MR) is 120 cm³/mol. The zero-order valence-corrected chi connectivity index (χ0v) is 18.7. The third-order valence-electron chi connectivity index (χ3n) is 5.07. The second kappa shape index (κ2) is 9.70. The minimum absolute atomic E-state index is 0.123. The van der Waals surface area contributed by atoms with Gasteiger partial charge >= 0.3 is 5.57 Å². The Morgan fingerprint density at radius 2 is 1.91 bits per heavy atom. The molecule has 0 bridgehead atoms. The number of carbonyl (C=O) groups is 2. The fraction of sp³-hybridized carbons (Fsp3) is 0.217. The van der Waals surface area contributed by atoms with Gasteiger partial charge in [0.1, 0.15) is 5.75 Å². The minimum Gasteiger partial charge on any atom is -0.420 e. The standard InChI is InChI=1S/C23H19ClF2N4O4/c1-33-7-6-30-13-20-19(22(30)32)9-15(12-28-20)14-8-16(11-27-10-14)21(31)29-17-2-4-18(5-3-17)34-23(24,25)26/h2-5,8-12H,6-7,13H2,1H3,(H,29,31). The van der Waals surface area contributed by atoms with Crippen LogP contribution >= 0.6 is 11.6 Å². The summed E-state index contributed by atoms with van der Waals surface area (Å²) >= 11 is 4.74. The van der Waals surface area contributed by atoms with Crippen molar-refractivity contribution in [3.63, 3.8) is 0 Å². The molecule has 176 valence electrons. The fourth-order valence-electron chi connectivity index (χ4n) is 3.43. The molecule has 0 saturated heterocycles. The van der Waals surface area contributed by atoms with Gasteiger partial charge in [0.25, 0.3) is 11.8 Å². The third-order valence-corrected chi connectivity index (χ3v) is 5.15. The maximum Gasteiger partial charge on any atom is 0.487 e. The van der Waals surface area contributed by atoms with Gasteiger partial charge in [-0.1, -0.05) is 0 Å². The van der Waals surface area contributed by atoms with E-state index in [1.165, 1.54) is 30.5 Å². The number of hydrogen-bond donors (Lipinski definition) is 1. The van der Waals surface area contributed by atoms with Gasteiger partial charge in [-0.25, -0.2) is 0 Å². The monoisotopic (exact) mass is 488 g/mol. The SMILES string of the molecule is COCCN1Cc2ncc(-c3cncc(C(=O)Nc4ccc(OC(F)(F)Cl)cc4)c3)cc2C1=O. The van der Waals surface area contributed by atoms with Crippen LogP contribution in [0, 0.1) is 0 Å². The average molecular weight is 489 g/mol. The van der Waals surface area contributed by atoms with E-state index in [2.05, 4.69) is 20.0 Å². The molecule has 0 atom stereocenters. The van der Waals surface area contributed by atoms with Gasteiger partial charge in [0.2, 0.25) is 0 Å². The Balaban J connectivity index is 1.48. The fourth-order valence-corrected chi connectivity index (χ4v) is 3.52. The largest absolute Gasteiger partial charge is 0.487 e. The molecule has 1 aliphatic heterocycles. The highest BCUT2D eigenvalue weighted by molar-refractivity contribution is 6.20. The molecule has 3 aromatic rings. The van der Waals surface area contributed by atoms with Crippen LogP contribution in [0.1, 0.15) is 26.4 Å². The number of fused-ring (bicyclic) bond motifs is 1. The number of nitrogens with one attached hydrogen (secondary N) is 1. The molecule has 1 N–H and O–H groups in total. The molecule has 1 aromatic carbocycles. The highest BCUT2D eigenvalue weighted by Crippen LogP contribution is 2.28. The lowest BCUT2D eigenvalue weighted by Crippen LogP contribution is -2.27. The first-order valence-electron chi connectivity index (χ1n) is 10.1. The van der Waals surface area contributed by atoms with Crippen LogP contribution in [0.2, 0.25) is 0 Å². The van der Waals surface area contributed by atoms with Crippen molar-refractivity contribution in [1.29, 1.82) is 0 Å². The lowest BCUT2D eigenvalue weighted by atomic mass is 10.0. The Hall–Kier alpha value is -3.63. The topological polar surface area (TPSA) is 93.7 Å². The van der Waals surface area contributed by atoms with E-state index >= 15 is 0 Å². The number of pyridine rings is 2. The summed E-state index contributed by atoms with van der Waals surface area (Å²) in [5.74, 6) is -0.731. The number of methoxy groups -OCH3 is 1. The van der Waals surface area contributed by atoms with Crippen LogP contribution in [0.5, 0.6) is 5.75 Å². The molecule has 34 heavy (non-hydrogen) atoms. The molecular formula is C23H19ClF2N4O4. The Morgan fingerprint density at radius 1 is 1.18 bits per heavy atom. The van der Waals surface area contributed by atoms with Crippen LogP contribution in [0.25, 0.3) is 11.1 Å². The number of benzene rings is 1. The number of rotatable bonds is 8. The molecule has 2 aromatic heterocycles. The number of halogens is 3. The summed E-state index contributed by atoms with van der Waals surface area (Å²) in [5, 5.41) is 2.66. The molecule has 4 rings (SSSR count). The van der Waals surface area contributed by atoms with Crippen LogP contribution in [0.4, 0.5) is 14.5 Å². The molecule has 0 aliphatic carbocycles. The van der Waals surface area contributed by atoms with E-state index in [0.717, 1.165) is 0 Å². The molecule has 3 heterocycles. The summed E-state index contributed by atoms with van der Waals surface area (Å²) in [5.41, 5.74) is -0.749. The maximum atomic E-state index is 12.7. The Kier molecular flexibility index (Phi) is 6.71. The smallest absolute Gasteiger partial charge is 0.420 e. The van der Waals surface area contributed by atoms with E-state index in [1.54, 1.807) is 36.5 Å². The molecule has 0 unspecified atom stereocenters. The number of carbonyl (C=O) groups excluding carboxylic acids is 2. The van der Waals surface area contributed by atoms with Crippen LogP contribution in [-0.2, 0) is 11.3 Å². The van der Waals surface area contributed by atoms with Crippen molar-refractivity contribution in [2.75, 3.05) is 25.6 Å². The van der Waals surface area contributed by atoms with Gasteiger partial charge in [0, 0.05) is 60.7 Å². The summed E-state index contributed by atoms with van der Waals surface area (Å²) in [6.07, 6.45) is 4.60. The molecule has 0 saturated carbocycles. The molecule has 8 nitrogen and oxygen atoms in total. The van der Waals surface area contributed by atoms with E-state index in [1.807, 2.05) is 0 Å². The zero-order valence-electron chi connectivity index (χ0n) is 17.9. The van der Waals surface area contributed by atoms with E-state index in [9.17, 15) is 18.4 Å². The number of anilines is 1. The van der Waals surface area contributed by atoms with Crippen molar-refractivity contribution < 1.29 is 27.8 Å². The normalized spacial score (nSPS) is 13.1. The first kappa shape index (κ1) is 23.5. The maximum absolute atomic E-state index is 12.7. The highest BCUT2D eigenvalue weighted by atomic mass is 35.5. The number of alkyl halides is 3. The molecule has 11 heteroatoms. The minimum atomic E-state index is -3.82. The van der Waals surface area contributed by atoms with Crippen LogP contribution in [0.3, 0.4) is 0 Å². The van der Waals surface area contributed by atoms with Crippen LogP contribution in [0.15, 0.2) is 55.0 Å². The van der Waals surface area contributed by atoms with Crippen molar-refractivity contribution in [3.05, 3.63) is 71.8 Å². The lowest BCUT2D eigenvalue weighted by Gasteiger charge is -2.13. The number of nitrogens with zero attached hydrogens (tertiary/aromatic N) is 3. The van der Waals surface area contributed by atoms with Gasteiger partial charge in [-0.3, -0.25) is 19.6 Å². The molecule has 0 radical (unpaired) electrons. The van der Waals surface area contributed by atoms with E-state index < -0.39 is 11.5 Å². The van der Waals surface area contributed by atoms with Gasteiger partial charge in [-0.05, 0) is 36.4 Å². The first-order chi connectivity index (χ1) is 16.2. The van der Waals surface area contributed by atoms with Crippen molar-refractivity contribution in [1.82, 2.24) is 14.9 Å². The number of hydrogen-bond acceptors (Lipinski definition) is 6. The predicted octanol–water partition coefficient (Wildman–Crippen LogP) is 4.17. The van der Waals surface area contributed by atoms with Crippen molar-refractivity contribution in [3.8, 4) is 16.9 Å². The first-order valence-corrected chi connectivity index (χ1v) is 10.5. The molecule has 2 amide bonds. The molecular weight excluding hydrogens is 470 g/mol. The summed E-state index contributed by atoms with van der Waals surface area (Å²) in [7, 11) is 1.58. The molecule has 1 aliphatic rings. The van der Waals surface area contributed by atoms with Gasteiger partial charge in [-0.15, -0.1) is 8.78 Å². The number of ether oxygens (including phenoxy) is 2. The van der Waals surface area contributed by atoms with Gasteiger partial charge in [-0.2, -0.15) is 0 Å². The van der Waals surface area contributed by atoms with Crippen LogP contribution < -0.4 is 10.1 Å². The average Bonchev–Trinajstić information content (AvgIpc) is 3.13. The quantitative estimate of drug-likeness (QED) is 0.478. The molecule has 0 fully saturated rings. The van der Waals surface area contributed by atoms with E-state index in [0.29, 0.717) is 47.8 Å². The number of aromatic nitrogens is 2. The summed E-state index contributed by atoms with van der Waals surface area (Å²) < 4.78 is 34.7. The summed E-state index contributed by atoms with van der Waals surface area (Å²) in [6, 6.07) is 8.67. The Labute approximate surface area is 198 Å². The highest BCUT2D eigenvalue weighted by Gasteiger charge is 2.29. The van der Waals surface area contributed by atoms with Crippen LogP contribution in [-0.4, -0.2) is 52.5 Å². The second-order valence-electron chi connectivity index (χ2n) is 7.43. The lowest BCUT2D eigenvalue weighted by molar-refractivity contribution is -0.0964. The van der Waals surface area contributed by atoms with Gasteiger partial charge < -0.3 is 19.7 Å². The summed E-state index contributed by atoms with van der Waals surface area (Å²) in [4.78, 5) is 35.5. The van der Waals surface area contributed by atoms with Gasteiger partial charge in [0.05, 0.1) is 30.0 Å². The number of amides is 2. The summed E-state index contributed by atoms with van der Waals surface area (Å²) in [6.45, 7) is 1.33. The second-order valence-corrected chi connectivity index (χ2v) is 7.87. The van der Waals surface area contributed by atoms with Gasteiger partial charge in [0.15, 0.2) is 0 Å². The van der Waals surface area contributed by atoms with Crippen molar-refractivity contribution >= 4 is 29.1 Å².